The van der Waals surface area contributed by atoms with Crippen LogP contribution >= 0.6 is 11.6 Å². The maximum absolute atomic E-state index is 11.9. The summed E-state index contributed by atoms with van der Waals surface area (Å²) in [6.45, 7) is 3.53. The van der Waals surface area contributed by atoms with Crippen molar-refractivity contribution in [3.05, 3.63) is 45.8 Å². The molecule has 138 valence electrons. The van der Waals surface area contributed by atoms with Gasteiger partial charge in [-0.15, -0.1) is 0 Å². The van der Waals surface area contributed by atoms with Crippen molar-refractivity contribution in [3.63, 3.8) is 0 Å². The minimum absolute atomic E-state index is 0.200. The molecule has 0 unspecified atom stereocenters. The van der Waals surface area contributed by atoms with Gasteiger partial charge in [-0.1, -0.05) is 56.0 Å². The average Bonchev–Trinajstić information content (AvgIpc) is 2.65. The van der Waals surface area contributed by atoms with Crippen molar-refractivity contribution in [1.29, 1.82) is 0 Å². The third kappa shape index (κ3) is 6.99. The van der Waals surface area contributed by atoms with E-state index in [0.717, 1.165) is 13.0 Å². The highest BCUT2D eigenvalue weighted by atomic mass is 35.5. The SMILES string of the molecule is CCCCCCCOCC#CCn1nc(-c2ccc(Cl)cn2)ccc1=O. The Morgan fingerprint density at radius 3 is 2.65 bits per heavy atom. The number of unbranched alkanes of at least 4 members (excludes halogenated alkanes) is 4. The Balaban J connectivity index is 1.82. The smallest absolute Gasteiger partial charge is 0.267 e. The maximum Gasteiger partial charge on any atom is 0.267 e. The largest absolute Gasteiger partial charge is 0.369 e. The van der Waals surface area contributed by atoms with E-state index in [2.05, 4.69) is 28.8 Å². The summed E-state index contributed by atoms with van der Waals surface area (Å²) < 4.78 is 6.81. The van der Waals surface area contributed by atoms with Crippen molar-refractivity contribution in [2.45, 2.75) is 45.6 Å². The Morgan fingerprint density at radius 1 is 1.08 bits per heavy atom. The molecule has 0 radical (unpaired) electrons. The molecule has 6 heteroatoms. The molecule has 26 heavy (non-hydrogen) atoms. The summed E-state index contributed by atoms with van der Waals surface area (Å²) in [6.07, 6.45) is 7.61. The zero-order valence-electron chi connectivity index (χ0n) is 15.1. The minimum Gasteiger partial charge on any atom is -0.369 e. The topological polar surface area (TPSA) is 57.0 Å². The van der Waals surface area contributed by atoms with Crippen LogP contribution in [-0.4, -0.2) is 28.0 Å². The van der Waals surface area contributed by atoms with Crippen LogP contribution in [0.15, 0.2) is 35.3 Å². The van der Waals surface area contributed by atoms with Gasteiger partial charge in [-0.05, 0) is 24.6 Å². The Kier molecular flexibility index (Phi) is 8.88. The second-order valence-electron chi connectivity index (χ2n) is 5.90. The number of ether oxygens (including phenoxy) is 1. The van der Waals surface area contributed by atoms with E-state index in [0.29, 0.717) is 23.0 Å². The molecule has 2 heterocycles. The fraction of sp³-hybridized carbons (Fsp3) is 0.450. The van der Waals surface area contributed by atoms with Crippen molar-refractivity contribution in [1.82, 2.24) is 14.8 Å². The molecule has 5 nitrogen and oxygen atoms in total. The predicted octanol–water partition coefficient (Wildman–Crippen LogP) is 3.95. The molecule has 2 aromatic rings. The van der Waals surface area contributed by atoms with Crippen LogP contribution in [-0.2, 0) is 11.3 Å². The summed E-state index contributed by atoms with van der Waals surface area (Å²) >= 11 is 5.84. The summed E-state index contributed by atoms with van der Waals surface area (Å²) in [5.41, 5.74) is 1.06. The molecular weight excluding hydrogens is 350 g/mol. The van der Waals surface area contributed by atoms with Gasteiger partial charge in [-0.3, -0.25) is 9.78 Å². The van der Waals surface area contributed by atoms with Gasteiger partial charge < -0.3 is 4.74 Å². The van der Waals surface area contributed by atoms with Crippen LogP contribution in [0.5, 0.6) is 0 Å². The van der Waals surface area contributed by atoms with Gasteiger partial charge in [0, 0.05) is 18.9 Å². The van der Waals surface area contributed by atoms with Gasteiger partial charge in [0.05, 0.1) is 10.7 Å². The Hall–Kier alpha value is -2.16. The Labute approximate surface area is 159 Å². The molecule has 2 aromatic heterocycles. The lowest BCUT2D eigenvalue weighted by atomic mass is 10.2. The average molecular weight is 374 g/mol. The highest BCUT2D eigenvalue weighted by Crippen LogP contribution is 2.14. The lowest BCUT2D eigenvalue weighted by molar-refractivity contribution is 0.161. The van der Waals surface area contributed by atoms with E-state index in [-0.39, 0.29) is 12.1 Å². The Morgan fingerprint density at radius 2 is 1.88 bits per heavy atom. The number of hydrogen-bond donors (Lipinski definition) is 0. The summed E-state index contributed by atoms with van der Waals surface area (Å²) in [7, 11) is 0. The molecular formula is C20H24ClN3O2. The Bertz CT molecular complexity index is 791. The molecule has 0 atom stereocenters. The third-order valence-electron chi connectivity index (χ3n) is 3.78. The molecule has 0 saturated heterocycles. The van der Waals surface area contributed by atoms with E-state index in [1.165, 1.54) is 36.4 Å². The van der Waals surface area contributed by atoms with Gasteiger partial charge in [0.2, 0.25) is 0 Å². The fourth-order valence-corrected chi connectivity index (χ4v) is 2.45. The zero-order valence-corrected chi connectivity index (χ0v) is 15.8. The molecule has 2 rings (SSSR count). The van der Waals surface area contributed by atoms with Crippen molar-refractivity contribution in [2.24, 2.45) is 0 Å². The van der Waals surface area contributed by atoms with Crippen molar-refractivity contribution < 1.29 is 4.74 Å². The van der Waals surface area contributed by atoms with Crippen LogP contribution in [0.2, 0.25) is 5.02 Å². The molecule has 0 amide bonds. The number of nitrogens with zero attached hydrogens (tertiary/aromatic N) is 3. The fourth-order valence-electron chi connectivity index (χ4n) is 2.34. The number of aromatic nitrogens is 3. The highest BCUT2D eigenvalue weighted by Gasteiger charge is 2.04. The quantitative estimate of drug-likeness (QED) is 0.493. The third-order valence-corrected chi connectivity index (χ3v) is 4.00. The maximum atomic E-state index is 11.9. The normalized spacial score (nSPS) is 10.4. The van der Waals surface area contributed by atoms with Crippen LogP contribution in [0.25, 0.3) is 11.4 Å². The van der Waals surface area contributed by atoms with Gasteiger partial charge in [-0.2, -0.15) is 5.10 Å². The molecule has 0 aliphatic carbocycles. The number of rotatable bonds is 9. The standard InChI is InChI=1S/C20H24ClN3O2/c1-2-3-4-5-7-14-26-15-8-6-13-24-20(25)12-11-19(23-24)18-10-9-17(21)16-22-18/h9-12,16H,2-5,7,13-15H2,1H3. The summed E-state index contributed by atoms with van der Waals surface area (Å²) in [6, 6.07) is 6.61. The minimum atomic E-state index is -0.200. The van der Waals surface area contributed by atoms with Gasteiger partial charge in [0.15, 0.2) is 0 Å². The van der Waals surface area contributed by atoms with E-state index < -0.39 is 0 Å². The molecule has 0 spiro atoms. The first kappa shape index (κ1) is 20.2. The second kappa shape index (κ2) is 11.5. The van der Waals surface area contributed by atoms with Gasteiger partial charge in [-0.25, -0.2) is 4.68 Å². The summed E-state index contributed by atoms with van der Waals surface area (Å²) in [5.74, 6) is 5.85. The van der Waals surface area contributed by atoms with E-state index in [1.807, 2.05) is 0 Å². The van der Waals surface area contributed by atoms with Crippen molar-refractivity contribution in [2.75, 3.05) is 13.2 Å². The van der Waals surface area contributed by atoms with E-state index in [1.54, 1.807) is 24.4 Å². The summed E-state index contributed by atoms with van der Waals surface area (Å²) in [4.78, 5) is 16.1. The molecule has 0 bridgehead atoms. The first-order chi connectivity index (χ1) is 12.7. The molecule has 0 saturated carbocycles. The molecule has 0 fully saturated rings. The van der Waals surface area contributed by atoms with Crippen LogP contribution in [0.3, 0.4) is 0 Å². The second-order valence-corrected chi connectivity index (χ2v) is 6.33. The van der Waals surface area contributed by atoms with Gasteiger partial charge in [0.25, 0.3) is 5.56 Å². The van der Waals surface area contributed by atoms with Crippen LogP contribution in [0, 0.1) is 11.8 Å². The molecule has 0 aromatic carbocycles. The van der Waals surface area contributed by atoms with E-state index in [4.69, 9.17) is 16.3 Å². The first-order valence-corrected chi connectivity index (χ1v) is 9.32. The molecule has 0 aliphatic heterocycles. The summed E-state index contributed by atoms with van der Waals surface area (Å²) in [5, 5.41) is 4.86. The van der Waals surface area contributed by atoms with E-state index >= 15 is 0 Å². The van der Waals surface area contributed by atoms with Gasteiger partial charge in [0.1, 0.15) is 18.8 Å². The van der Waals surface area contributed by atoms with Crippen LogP contribution < -0.4 is 5.56 Å². The number of hydrogen-bond acceptors (Lipinski definition) is 4. The molecule has 0 N–H and O–H groups in total. The number of halogens is 1. The first-order valence-electron chi connectivity index (χ1n) is 8.94. The molecule has 0 aliphatic rings. The van der Waals surface area contributed by atoms with Crippen molar-refractivity contribution >= 4 is 11.6 Å². The lowest BCUT2D eigenvalue weighted by Crippen LogP contribution is -2.21. The number of pyridine rings is 1. The van der Waals surface area contributed by atoms with Crippen LogP contribution in [0.4, 0.5) is 0 Å². The zero-order chi connectivity index (χ0) is 18.6. The lowest BCUT2D eigenvalue weighted by Gasteiger charge is -2.03. The van der Waals surface area contributed by atoms with E-state index in [9.17, 15) is 4.79 Å². The monoisotopic (exact) mass is 373 g/mol. The van der Waals surface area contributed by atoms with Crippen LogP contribution in [0.1, 0.15) is 39.0 Å². The van der Waals surface area contributed by atoms with Gasteiger partial charge >= 0.3 is 0 Å². The predicted molar refractivity (Wildman–Crippen MR) is 104 cm³/mol. The van der Waals surface area contributed by atoms with Crippen molar-refractivity contribution in [3.8, 4) is 23.2 Å². The highest BCUT2D eigenvalue weighted by molar-refractivity contribution is 6.30.